The van der Waals surface area contributed by atoms with E-state index in [9.17, 15) is 9.59 Å². The molecule has 1 aromatic heterocycles. The number of hydrogen-bond acceptors (Lipinski definition) is 4. The fraction of sp³-hybridized carbons (Fsp3) is 0.240. The van der Waals surface area contributed by atoms with E-state index in [0.29, 0.717) is 24.3 Å². The summed E-state index contributed by atoms with van der Waals surface area (Å²) in [5.74, 6) is 0.688. The number of ether oxygens (including phenoxy) is 1. The number of hydrogen-bond donors (Lipinski definition) is 2. The van der Waals surface area contributed by atoms with Gasteiger partial charge in [-0.05, 0) is 36.2 Å². The zero-order valence-electron chi connectivity index (χ0n) is 17.6. The Bertz CT molecular complexity index is 1080. The van der Waals surface area contributed by atoms with Crippen LogP contribution in [0.15, 0.2) is 60.7 Å². The van der Waals surface area contributed by atoms with Crippen molar-refractivity contribution in [3.05, 3.63) is 83.0 Å². The van der Waals surface area contributed by atoms with Crippen molar-refractivity contribution in [1.82, 2.24) is 15.6 Å². The average Bonchev–Trinajstić information content (AvgIpc) is 3.19. The summed E-state index contributed by atoms with van der Waals surface area (Å²) >= 11 is 0. The SMILES string of the molecule is CC(=O)NCc1ccc(-c2ccc(C(=O)NC[C@H]3Cc4ccccc4O3)c(C)n2)cc1. The van der Waals surface area contributed by atoms with Gasteiger partial charge >= 0.3 is 0 Å². The summed E-state index contributed by atoms with van der Waals surface area (Å²) in [6.07, 6.45) is 0.745. The first kappa shape index (κ1) is 20.6. The van der Waals surface area contributed by atoms with Gasteiger partial charge in [-0.3, -0.25) is 14.6 Å². The molecule has 1 aliphatic rings. The number of pyridine rings is 1. The lowest BCUT2D eigenvalue weighted by Gasteiger charge is -2.13. The predicted octanol–water partition coefficient (Wildman–Crippen LogP) is 3.43. The monoisotopic (exact) mass is 415 g/mol. The van der Waals surface area contributed by atoms with Gasteiger partial charge in [0.15, 0.2) is 0 Å². The molecule has 3 aromatic rings. The van der Waals surface area contributed by atoms with Crippen molar-refractivity contribution in [3.63, 3.8) is 0 Å². The Balaban J connectivity index is 1.37. The minimum absolute atomic E-state index is 0.0510. The third-order valence-corrected chi connectivity index (χ3v) is 5.33. The molecular weight excluding hydrogens is 390 g/mol. The number of aromatic nitrogens is 1. The van der Waals surface area contributed by atoms with Crippen LogP contribution in [0.2, 0.25) is 0 Å². The second kappa shape index (κ2) is 9.00. The van der Waals surface area contributed by atoms with Crippen LogP contribution in [0.1, 0.15) is 34.1 Å². The summed E-state index contributed by atoms with van der Waals surface area (Å²) in [5.41, 5.74) is 5.18. The molecule has 2 N–H and O–H groups in total. The lowest BCUT2D eigenvalue weighted by Crippen LogP contribution is -2.34. The maximum Gasteiger partial charge on any atom is 0.253 e. The highest BCUT2D eigenvalue weighted by atomic mass is 16.5. The molecule has 31 heavy (non-hydrogen) atoms. The number of amides is 2. The third-order valence-electron chi connectivity index (χ3n) is 5.33. The number of nitrogens with one attached hydrogen (secondary N) is 2. The molecule has 0 radical (unpaired) electrons. The van der Waals surface area contributed by atoms with E-state index in [0.717, 1.165) is 29.0 Å². The molecule has 6 heteroatoms. The Hall–Kier alpha value is -3.67. The Morgan fingerprint density at radius 2 is 1.81 bits per heavy atom. The van der Waals surface area contributed by atoms with Crippen LogP contribution >= 0.6 is 0 Å². The number of nitrogens with zero attached hydrogens (tertiary/aromatic N) is 1. The van der Waals surface area contributed by atoms with Gasteiger partial charge < -0.3 is 15.4 Å². The molecule has 0 aliphatic carbocycles. The second-order valence-electron chi connectivity index (χ2n) is 7.70. The second-order valence-corrected chi connectivity index (χ2v) is 7.70. The molecule has 1 aliphatic heterocycles. The molecule has 158 valence electrons. The van der Waals surface area contributed by atoms with Crippen LogP contribution in [0.4, 0.5) is 0 Å². The number of fused-ring (bicyclic) bond motifs is 1. The third kappa shape index (κ3) is 4.91. The molecule has 0 saturated carbocycles. The number of para-hydroxylation sites is 1. The Morgan fingerprint density at radius 3 is 2.52 bits per heavy atom. The molecule has 0 unspecified atom stereocenters. The topological polar surface area (TPSA) is 80.3 Å². The summed E-state index contributed by atoms with van der Waals surface area (Å²) in [7, 11) is 0. The Labute approximate surface area is 181 Å². The molecule has 6 nitrogen and oxygen atoms in total. The maximum atomic E-state index is 12.7. The van der Waals surface area contributed by atoms with Crippen molar-refractivity contribution in [1.29, 1.82) is 0 Å². The molecule has 4 rings (SSSR count). The normalized spacial score (nSPS) is 14.5. The van der Waals surface area contributed by atoms with E-state index in [-0.39, 0.29) is 17.9 Å². The van der Waals surface area contributed by atoms with Crippen LogP contribution in [0.3, 0.4) is 0 Å². The quantitative estimate of drug-likeness (QED) is 0.646. The molecule has 0 bridgehead atoms. The highest BCUT2D eigenvalue weighted by Crippen LogP contribution is 2.27. The van der Waals surface area contributed by atoms with E-state index in [1.54, 1.807) is 0 Å². The van der Waals surface area contributed by atoms with Gasteiger partial charge in [-0.2, -0.15) is 0 Å². The minimum atomic E-state index is -0.151. The van der Waals surface area contributed by atoms with Crippen molar-refractivity contribution >= 4 is 11.8 Å². The summed E-state index contributed by atoms with van der Waals surface area (Å²) in [4.78, 5) is 28.3. The van der Waals surface area contributed by atoms with Crippen LogP contribution in [0, 0.1) is 6.92 Å². The zero-order chi connectivity index (χ0) is 21.8. The first-order valence-electron chi connectivity index (χ1n) is 10.3. The van der Waals surface area contributed by atoms with Gasteiger partial charge in [-0.15, -0.1) is 0 Å². The van der Waals surface area contributed by atoms with E-state index in [2.05, 4.69) is 21.7 Å². The van der Waals surface area contributed by atoms with E-state index in [1.165, 1.54) is 12.5 Å². The van der Waals surface area contributed by atoms with E-state index in [4.69, 9.17) is 4.74 Å². The standard InChI is InChI=1S/C25H25N3O3/c1-16-22(25(30)27-15-21-13-20-5-3-4-6-24(20)31-21)11-12-23(28-16)19-9-7-18(8-10-19)14-26-17(2)29/h3-12,21H,13-15H2,1-2H3,(H,26,29)(H,27,30)/t21-/m1/s1. The van der Waals surface area contributed by atoms with Crippen LogP contribution in [0.25, 0.3) is 11.3 Å². The maximum absolute atomic E-state index is 12.7. The van der Waals surface area contributed by atoms with E-state index in [1.807, 2.05) is 61.5 Å². The fourth-order valence-electron chi connectivity index (χ4n) is 3.65. The number of rotatable bonds is 6. The molecular formula is C25H25N3O3. The lowest BCUT2D eigenvalue weighted by molar-refractivity contribution is -0.119. The van der Waals surface area contributed by atoms with Crippen LogP contribution < -0.4 is 15.4 Å². The van der Waals surface area contributed by atoms with Crippen molar-refractivity contribution < 1.29 is 14.3 Å². The van der Waals surface area contributed by atoms with Crippen LogP contribution in [-0.2, 0) is 17.8 Å². The summed E-state index contributed by atoms with van der Waals surface area (Å²) in [6, 6.07) is 19.5. The average molecular weight is 415 g/mol. The van der Waals surface area contributed by atoms with Gasteiger partial charge in [-0.25, -0.2) is 0 Å². The van der Waals surface area contributed by atoms with E-state index < -0.39 is 0 Å². The Kier molecular flexibility index (Phi) is 5.98. The first-order valence-corrected chi connectivity index (χ1v) is 10.3. The van der Waals surface area contributed by atoms with Crippen molar-refractivity contribution in [3.8, 4) is 17.0 Å². The lowest BCUT2D eigenvalue weighted by atomic mass is 10.1. The van der Waals surface area contributed by atoms with Gasteiger partial charge in [0, 0.05) is 25.5 Å². The van der Waals surface area contributed by atoms with Crippen LogP contribution in [0.5, 0.6) is 5.75 Å². The summed E-state index contributed by atoms with van der Waals surface area (Å²) in [5, 5.41) is 5.75. The molecule has 1 atom stereocenters. The number of carbonyl (C=O) groups is 2. The minimum Gasteiger partial charge on any atom is -0.488 e. The van der Waals surface area contributed by atoms with Gasteiger partial charge in [0.1, 0.15) is 11.9 Å². The fourth-order valence-corrected chi connectivity index (χ4v) is 3.65. The predicted molar refractivity (Wildman–Crippen MR) is 119 cm³/mol. The molecule has 0 fully saturated rings. The van der Waals surface area contributed by atoms with E-state index >= 15 is 0 Å². The highest BCUT2D eigenvalue weighted by molar-refractivity contribution is 5.95. The number of aryl methyl sites for hydroxylation is 1. The largest absolute Gasteiger partial charge is 0.488 e. The zero-order valence-corrected chi connectivity index (χ0v) is 17.6. The number of carbonyl (C=O) groups excluding carboxylic acids is 2. The Morgan fingerprint density at radius 1 is 1.03 bits per heavy atom. The summed E-state index contributed by atoms with van der Waals surface area (Å²) in [6.45, 7) is 4.28. The van der Waals surface area contributed by atoms with Gasteiger partial charge in [0.2, 0.25) is 5.91 Å². The van der Waals surface area contributed by atoms with Gasteiger partial charge in [0.25, 0.3) is 5.91 Å². The van der Waals surface area contributed by atoms with Crippen molar-refractivity contribution in [2.45, 2.75) is 32.9 Å². The van der Waals surface area contributed by atoms with Crippen molar-refractivity contribution in [2.24, 2.45) is 0 Å². The highest BCUT2D eigenvalue weighted by Gasteiger charge is 2.23. The van der Waals surface area contributed by atoms with Gasteiger partial charge in [0.05, 0.1) is 23.5 Å². The molecule has 0 saturated heterocycles. The van der Waals surface area contributed by atoms with Gasteiger partial charge in [-0.1, -0.05) is 42.5 Å². The van der Waals surface area contributed by atoms with Crippen LogP contribution in [-0.4, -0.2) is 29.4 Å². The van der Waals surface area contributed by atoms with Crippen molar-refractivity contribution in [2.75, 3.05) is 6.54 Å². The smallest absolute Gasteiger partial charge is 0.253 e. The molecule has 2 heterocycles. The molecule has 0 spiro atoms. The number of benzene rings is 2. The first-order chi connectivity index (χ1) is 15.0. The molecule has 2 aromatic carbocycles. The molecule has 2 amide bonds. The summed E-state index contributed by atoms with van der Waals surface area (Å²) < 4.78 is 5.89.